The van der Waals surface area contributed by atoms with Gasteiger partial charge < -0.3 is 10.2 Å². The van der Waals surface area contributed by atoms with Gasteiger partial charge in [-0.05, 0) is 38.5 Å². The molecular formula is C16H28N2O2. The van der Waals surface area contributed by atoms with Crippen LogP contribution in [0.2, 0.25) is 0 Å². The molecule has 2 amide bonds. The van der Waals surface area contributed by atoms with Gasteiger partial charge in [-0.3, -0.25) is 9.59 Å². The molecule has 0 spiro atoms. The summed E-state index contributed by atoms with van der Waals surface area (Å²) in [6.07, 6.45) is 6.98. The smallest absolute Gasteiger partial charge is 0.225 e. The predicted molar refractivity (Wildman–Crippen MR) is 79.2 cm³/mol. The van der Waals surface area contributed by atoms with Crippen LogP contribution in [0.15, 0.2) is 0 Å². The van der Waals surface area contributed by atoms with Crippen LogP contribution in [0, 0.1) is 11.8 Å². The minimum atomic E-state index is 0.143. The molecule has 1 aliphatic heterocycles. The summed E-state index contributed by atoms with van der Waals surface area (Å²) in [4.78, 5) is 26.2. The Kier molecular flexibility index (Phi) is 5.44. The van der Waals surface area contributed by atoms with Crippen molar-refractivity contribution in [3.63, 3.8) is 0 Å². The average molecular weight is 280 g/mol. The standard InChI is InChI=1S/C16H28N2O2/c1-3-12(4-2)15(19)17-14-8-10-18(11-9-14)16(20)13-6-5-7-13/h12-14H,3-11H2,1-2H3,(H,17,19). The van der Waals surface area contributed by atoms with E-state index >= 15 is 0 Å². The van der Waals surface area contributed by atoms with Gasteiger partial charge in [-0.25, -0.2) is 0 Å². The summed E-state index contributed by atoms with van der Waals surface area (Å²) in [5, 5.41) is 3.16. The lowest BCUT2D eigenvalue weighted by molar-refractivity contribution is -0.139. The number of hydrogen-bond donors (Lipinski definition) is 1. The van der Waals surface area contributed by atoms with Gasteiger partial charge in [0, 0.05) is 31.0 Å². The van der Waals surface area contributed by atoms with Crippen LogP contribution in [0.1, 0.15) is 58.8 Å². The maximum atomic E-state index is 12.1. The zero-order chi connectivity index (χ0) is 14.5. The Morgan fingerprint density at radius 1 is 1.10 bits per heavy atom. The minimum absolute atomic E-state index is 0.143. The third-order valence-electron chi connectivity index (χ3n) is 4.96. The third-order valence-corrected chi connectivity index (χ3v) is 4.96. The maximum absolute atomic E-state index is 12.1. The molecule has 0 radical (unpaired) electrons. The van der Waals surface area contributed by atoms with Crippen LogP contribution in [-0.2, 0) is 9.59 Å². The van der Waals surface area contributed by atoms with E-state index in [1.54, 1.807) is 0 Å². The monoisotopic (exact) mass is 280 g/mol. The van der Waals surface area contributed by atoms with Crippen molar-refractivity contribution in [2.24, 2.45) is 11.8 Å². The lowest BCUT2D eigenvalue weighted by Crippen LogP contribution is -2.49. The first-order valence-electron chi connectivity index (χ1n) is 8.24. The average Bonchev–Trinajstić information content (AvgIpc) is 2.39. The highest BCUT2D eigenvalue weighted by molar-refractivity contribution is 5.80. The first-order chi connectivity index (χ1) is 9.65. The summed E-state index contributed by atoms with van der Waals surface area (Å²) >= 11 is 0. The number of nitrogens with zero attached hydrogens (tertiary/aromatic N) is 1. The maximum Gasteiger partial charge on any atom is 0.225 e. The molecular weight excluding hydrogens is 252 g/mol. The molecule has 0 aromatic heterocycles. The Bertz CT molecular complexity index is 340. The molecule has 0 unspecified atom stereocenters. The highest BCUT2D eigenvalue weighted by atomic mass is 16.2. The Balaban J connectivity index is 1.73. The van der Waals surface area contributed by atoms with E-state index in [-0.39, 0.29) is 17.9 Å². The van der Waals surface area contributed by atoms with Crippen LogP contribution < -0.4 is 5.32 Å². The second-order valence-corrected chi connectivity index (χ2v) is 6.25. The molecule has 2 aliphatic rings. The molecule has 2 fully saturated rings. The molecule has 0 bridgehead atoms. The van der Waals surface area contributed by atoms with Crippen molar-refractivity contribution in [3.8, 4) is 0 Å². The number of rotatable bonds is 5. The van der Waals surface area contributed by atoms with Crippen LogP contribution in [0.3, 0.4) is 0 Å². The first kappa shape index (κ1) is 15.3. The molecule has 114 valence electrons. The second kappa shape index (κ2) is 7.09. The zero-order valence-electron chi connectivity index (χ0n) is 12.9. The van der Waals surface area contributed by atoms with Gasteiger partial charge in [0.15, 0.2) is 0 Å². The fourth-order valence-electron chi connectivity index (χ4n) is 3.14. The van der Waals surface area contributed by atoms with E-state index in [0.717, 1.165) is 51.6 Å². The molecule has 1 saturated carbocycles. The van der Waals surface area contributed by atoms with Gasteiger partial charge in [-0.15, -0.1) is 0 Å². The summed E-state index contributed by atoms with van der Waals surface area (Å²) in [6, 6.07) is 0.258. The van der Waals surface area contributed by atoms with Crippen molar-refractivity contribution in [2.45, 2.75) is 64.8 Å². The van der Waals surface area contributed by atoms with Crippen molar-refractivity contribution in [3.05, 3.63) is 0 Å². The molecule has 20 heavy (non-hydrogen) atoms. The Labute approximate surface area is 122 Å². The van der Waals surface area contributed by atoms with Gasteiger partial charge >= 0.3 is 0 Å². The van der Waals surface area contributed by atoms with E-state index in [1.807, 2.05) is 4.90 Å². The summed E-state index contributed by atoms with van der Waals surface area (Å²) in [6.45, 7) is 5.74. The van der Waals surface area contributed by atoms with E-state index in [9.17, 15) is 9.59 Å². The van der Waals surface area contributed by atoms with Gasteiger partial charge in [-0.1, -0.05) is 20.3 Å². The van der Waals surface area contributed by atoms with E-state index in [0.29, 0.717) is 11.8 Å². The number of carbonyl (C=O) groups excluding carboxylic acids is 2. The zero-order valence-corrected chi connectivity index (χ0v) is 12.9. The highest BCUT2D eigenvalue weighted by Gasteiger charge is 2.32. The van der Waals surface area contributed by atoms with Gasteiger partial charge in [0.25, 0.3) is 0 Å². The van der Waals surface area contributed by atoms with Crippen LogP contribution in [0.4, 0.5) is 0 Å². The largest absolute Gasteiger partial charge is 0.353 e. The lowest BCUT2D eigenvalue weighted by Gasteiger charge is -2.37. The van der Waals surface area contributed by atoms with E-state index in [1.165, 1.54) is 6.42 Å². The summed E-state index contributed by atoms with van der Waals surface area (Å²) in [7, 11) is 0. The van der Waals surface area contributed by atoms with Gasteiger partial charge in [0.2, 0.25) is 11.8 Å². The van der Waals surface area contributed by atoms with Crippen LogP contribution in [0.5, 0.6) is 0 Å². The number of hydrogen-bond acceptors (Lipinski definition) is 2. The number of piperidine rings is 1. The number of nitrogens with one attached hydrogen (secondary N) is 1. The van der Waals surface area contributed by atoms with E-state index in [4.69, 9.17) is 0 Å². The van der Waals surface area contributed by atoms with Gasteiger partial charge in [0.05, 0.1) is 0 Å². The molecule has 1 N–H and O–H groups in total. The number of carbonyl (C=O) groups is 2. The Hall–Kier alpha value is -1.06. The molecule has 4 heteroatoms. The topological polar surface area (TPSA) is 49.4 Å². The molecule has 4 nitrogen and oxygen atoms in total. The van der Waals surface area contributed by atoms with Gasteiger partial charge in [-0.2, -0.15) is 0 Å². The predicted octanol–water partition coefficient (Wildman–Crippen LogP) is 2.33. The van der Waals surface area contributed by atoms with Gasteiger partial charge in [0.1, 0.15) is 0 Å². The number of amides is 2. The summed E-state index contributed by atoms with van der Waals surface area (Å²) in [5.41, 5.74) is 0. The molecule has 1 heterocycles. The molecule has 0 atom stereocenters. The van der Waals surface area contributed by atoms with Crippen molar-refractivity contribution < 1.29 is 9.59 Å². The lowest BCUT2D eigenvalue weighted by atomic mass is 9.84. The summed E-state index contributed by atoms with van der Waals surface area (Å²) < 4.78 is 0. The SMILES string of the molecule is CCC(CC)C(=O)NC1CCN(C(=O)C2CCC2)CC1. The number of likely N-dealkylation sites (tertiary alicyclic amines) is 1. The molecule has 2 rings (SSSR count). The van der Waals surface area contributed by atoms with Crippen molar-refractivity contribution >= 4 is 11.8 Å². The normalized spacial score (nSPS) is 20.9. The molecule has 1 aliphatic carbocycles. The van der Waals surface area contributed by atoms with Crippen LogP contribution in [0.25, 0.3) is 0 Å². The Morgan fingerprint density at radius 3 is 2.15 bits per heavy atom. The quantitative estimate of drug-likeness (QED) is 0.840. The van der Waals surface area contributed by atoms with Crippen LogP contribution >= 0.6 is 0 Å². The molecule has 0 aromatic rings. The second-order valence-electron chi connectivity index (χ2n) is 6.25. The van der Waals surface area contributed by atoms with Crippen molar-refractivity contribution in [2.75, 3.05) is 13.1 Å². The van der Waals surface area contributed by atoms with Crippen LogP contribution in [-0.4, -0.2) is 35.8 Å². The molecule has 1 saturated heterocycles. The Morgan fingerprint density at radius 2 is 1.70 bits per heavy atom. The van der Waals surface area contributed by atoms with E-state index < -0.39 is 0 Å². The minimum Gasteiger partial charge on any atom is -0.353 e. The van der Waals surface area contributed by atoms with Crippen molar-refractivity contribution in [1.82, 2.24) is 10.2 Å². The van der Waals surface area contributed by atoms with Crippen molar-refractivity contribution in [1.29, 1.82) is 0 Å². The third kappa shape index (κ3) is 3.53. The first-order valence-corrected chi connectivity index (χ1v) is 8.24. The fraction of sp³-hybridized carbons (Fsp3) is 0.875. The van der Waals surface area contributed by atoms with E-state index in [2.05, 4.69) is 19.2 Å². The fourth-order valence-corrected chi connectivity index (χ4v) is 3.14. The molecule has 0 aromatic carbocycles. The summed E-state index contributed by atoms with van der Waals surface area (Å²) in [5.74, 6) is 0.982. The highest BCUT2D eigenvalue weighted by Crippen LogP contribution is 2.29.